The van der Waals surface area contributed by atoms with Crippen molar-refractivity contribution in [2.45, 2.75) is 44.7 Å². The first kappa shape index (κ1) is 11.6. The van der Waals surface area contributed by atoms with E-state index in [4.69, 9.17) is 0 Å². The molecule has 2 unspecified atom stereocenters. The molecule has 2 aliphatic heterocycles. The van der Waals surface area contributed by atoms with Crippen molar-refractivity contribution in [1.82, 2.24) is 25.4 Å². The maximum atomic E-state index is 12.3. The summed E-state index contributed by atoms with van der Waals surface area (Å²) in [7, 11) is 0. The Labute approximate surface area is 106 Å². The molecular formula is C12H19N5O. The van der Waals surface area contributed by atoms with Gasteiger partial charge in [-0.05, 0) is 19.3 Å². The van der Waals surface area contributed by atoms with Crippen molar-refractivity contribution >= 4 is 5.91 Å². The number of hydrogen-bond acceptors (Lipinski definition) is 4. The summed E-state index contributed by atoms with van der Waals surface area (Å²) in [5.74, 6) is 1.04. The summed E-state index contributed by atoms with van der Waals surface area (Å²) in [5, 5.41) is 10.4. The Hall–Kier alpha value is -1.43. The standard InChI is InChI=1S/C12H19N5O/c1-2-10-14-11(16-15-10)12(18)17-6-5-8-3-4-9(7-17)13-8/h8-9,13H,2-7H2,1H3,(H,14,15,16). The van der Waals surface area contributed by atoms with Crippen molar-refractivity contribution in [3.8, 4) is 0 Å². The minimum absolute atomic E-state index is 0.0414. The van der Waals surface area contributed by atoms with Gasteiger partial charge < -0.3 is 10.2 Å². The Balaban J connectivity index is 1.72. The lowest BCUT2D eigenvalue weighted by atomic mass is 10.1. The van der Waals surface area contributed by atoms with Crippen molar-refractivity contribution in [2.75, 3.05) is 13.1 Å². The second-order valence-electron chi connectivity index (χ2n) is 5.14. The molecule has 18 heavy (non-hydrogen) atoms. The Morgan fingerprint density at radius 3 is 3.00 bits per heavy atom. The molecule has 0 saturated carbocycles. The molecule has 2 atom stereocenters. The minimum Gasteiger partial charge on any atom is -0.334 e. The first-order valence-electron chi connectivity index (χ1n) is 6.73. The van der Waals surface area contributed by atoms with Gasteiger partial charge in [-0.15, -0.1) is 5.10 Å². The van der Waals surface area contributed by atoms with Gasteiger partial charge in [0, 0.05) is 31.6 Å². The number of rotatable bonds is 2. The maximum Gasteiger partial charge on any atom is 0.293 e. The van der Waals surface area contributed by atoms with E-state index in [2.05, 4.69) is 20.5 Å². The van der Waals surface area contributed by atoms with E-state index in [1.165, 1.54) is 12.8 Å². The summed E-state index contributed by atoms with van der Waals surface area (Å²) >= 11 is 0. The first-order valence-corrected chi connectivity index (χ1v) is 6.73. The monoisotopic (exact) mass is 249 g/mol. The second-order valence-corrected chi connectivity index (χ2v) is 5.14. The predicted molar refractivity (Wildman–Crippen MR) is 66.2 cm³/mol. The van der Waals surface area contributed by atoms with Crippen molar-refractivity contribution in [3.05, 3.63) is 11.6 Å². The molecule has 2 aliphatic rings. The number of aromatic amines is 1. The zero-order valence-corrected chi connectivity index (χ0v) is 10.6. The third-order valence-electron chi connectivity index (χ3n) is 3.87. The molecule has 3 heterocycles. The van der Waals surface area contributed by atoms with E-state index >= 15 is 0 Å². The molecule has 2 bridgehead atoms. The van der Waals surface area contributed by atoms with Gasteiger partial charge in [0.2, 0.25) is 5.82 Å². The van der Waals surface area contributed by atoms with Gasteiger partial charge in [-0.3, -0.25) is 9.89 Å². The summed E-state index contributed by atoms with van der Waals surface area (Å²) < 4.78 is 0. The smallest absolute Gasteiger partial charge is 0.293 e. The number of nitrogens with zero attached hydrogens (tertiary/aromatic N) is 3. The van der Waals surface area contributed by atoms with E-state index in [0.717, 1.165) is 31.8 Å². The number of aryl methyl sites for hydroxylation is 1. The van der Waals surface area contributed by atoms with Gasteiger partial charge in [0.05, 0.1) is 0 Å². The highest BCUT2D eigenvalue weighted by atomic mass is 16.2. The lowest BCUT2D eigenvalue weighted by Crippen LogP contribution is -2.39. The van der Waals surface area contributed by atoms with Gasteiger partial charge in [0.15, 0.2) is 0 Å². The molecule has 0 aliphatic carbocycles. The maximum absolute atomic E-state index is 12.3. The topological polar surface area (TPSA) is 73.9 Å². The number of carbonyl (C=O) groups excluding carboxylic acids is 1. The van der Waals surface area contributed by atoms with E-state index in [9.17, 15) is 4.79 Å². The normalized spacial score (nSPS) is 27.3. The molecule has 2 N–H and O–H groups in total. The minimum atomic E-state index is -0.0414. The molecule has 2 saturated heterocycles. The summed E-state index contributed by atoms with van der Waals surface area (Å²) in [6, 6.07) is 1.04. The average Bonchev–Trinajstić information content (AvgIpc) is 2.95. The summed E-state index contributed by atoms with van der Waals surface area (Å²) in [5.41, 5.74) is 0. The van der Waals surface area contributed by atoms with Crippen molar-refractivity contribution in [3.63, 3.8) is 0 Å². The summed E-state index contributed by atoms with van der Waals surface area (Å²) in [6.45, 7) is 3.58. The van der Waals surface area contributed by atoms with Crippen LogP contribution in [0.25, 0.3) is 0 Å². The quantitative estimate of drug-likeness (QED) is 0.792. The third kappa shape index (κ3) is 2.12. The highest BCUT2D eigenvalue weighted by Crippen LogP contribution is 2.21. The number of H-pyrrole nitrogens is 1. The van der Waals surface area contributed by atoms with Crippen LogP contribution in [0.4, 0.5) is 0 Å². The lowest BCUT2D eigenvalue weighted by molar-refractivity contribution is 0.0736. The fraction of sp³-hybridized carbons (Fsp3) is 0.750. The Bertz CT molecular complexity index is 443. The van der Waals surface area contributed by atoms with Crippen LogP contribution in [0.2, 0.25) is 0 Å². The third-order valence-corrected chi connectivity index (χ3v) is 3.87. The number of fused-ring (bicyclic) bond motifs is 2. The highest BCUT2D eigenvalue weighted by molar-refractivity contribution is 5.90. The molecule has 0 radical (unpaired) electrons. The number of nitrogens with one attached hydrogen (secondary N) is 2. The van der Waals surface area contributed by atoms with Crippen LogP contribution in [0.3, 0.4) is 0 Å². The van der Waals surface area contributed by atoms with Crippen LogP contribution >= 0.6 is 0 Å². The molecule has 6 heteroatoms. The van der Waals surface area contributed by atoms with Crippen LogP contribution in [0.1, 0.15) is 42.6 Å². The van der Waals surface area contributed by atoms with Crippen LogP contribution < -0.4 is 5.32 Å². The van der Waals surface area contributed by atoms with Crippen LogP contribution in [0, 0.1) is 0 Å². The fourth-order valence-corrected chi connectivity index (χ4v) is 2.82. The van der Waals surface area contributed by atoms with Gasteiger partial charge in [0.1, 0.15) is 5.82 Å². The number of hydrogen-bond donors (Lipinski definition) is 2. The van der Waals surface area contributed by atoms with Crippen molar-refractivity contribution in [1.29, 1.82) is 0 Å². The van der Waals surface area contributed by atoms with Gasteiger partial charge >= 0.3 is 0 Å². The van der Waals surface area contributed by atoms with Crippen LogP contribution in [-0.4, -0.2) is 51.2 Å². The van der Waals surface area contributed by atoms with Gasteiger partial charge in [0.25, 0.3) is 5.91 Å². The Kier molecular flexibility index (Phi) is 3.03. The fourth-order valence-electron chi connectivity index (χ4n) is 2.82. The average molecular weight is 249 g/mol. The molecule has 1 amide bonds. The summed E-state index contributed by atoms with van der Waals surface area (Å²) in [4.78, 5) is 18.4. The van der Waals surface area contributed by atoms with Gasteiger partial charge in [-0.1, -0.05) is 6.92 Å². The zero-order valence-electron chi connectivity index (χ0n) is 10.6. The number of carbonyl (C=O) groups is 1. The van der Waals surface area contributed by atoms with E-state index in [0.29, 0.717) is 17.9 Å². The van der Waals surface area contributed by atoms with Crippen molar-refractivity contribution in [2.24, 2.45) is 0 Å². The van der Waals surface area contributed by atoms with Crippen LogP contribution in [-0.2, 0) is 6.42 Å². The van der Waals surface area contributed by atoms with E-state index in [-0.39, 0.29) is 5.91 Å². The van der Waals surface area contributed by atoms with Crippen LogP contribution in [0.15, 0.2) is 0 Å². The molecule has 3 rings (SSSR count). The second kappa shape index (κ2) is 4.68. The molecule has 0 aromatic carbocycles. The molecule has 2 fully saturated rings. The van der Waals surface area contributed by atoms with E-state index < -0.39 is 0 Å². The van der Waals surface area contributed by atoms with E-state index in [1.54, 1.807) is 0 Å². The molecular weight excluding hydrogens is 230 g/mol. The summed E-state index contributed by atoms with van der Waals surface area (Å²) in [6.07, 6.45) is 4.22. The van der Waals surface area contributed by atoms with Crippen molar-refractivity contribution < 1.29 is 4.79 Å². The Morgan fingerprint density at radius 2 is 2.22 bits per heavy atom. The van der Waals surface area contributed by atoms with Gasteiger partial charge in [-0.25, -0.2) is 4.98 Å². The number of likely N-dealkylation sites (tertiary alicyclic amines) is 1. The zero-order chi connectivity index (χ0) is 12.5. The predicted octanol–water partition coefficient (Wildman–Crippen LogP) is 0.334. The molecule has 1 aromatic heterocycles. The first-order chi connectivity index (χ1) is 8.76. The molecule has 0 spiro atoms. The van der Waals surface area contributed by atoms with E-state index in [1.807, 2.05) is 11.8 Å². The SMILES string of the molecule is CCc1nc(C(=O)N2CCC3CCC(C2)N3)n[nH]1. The lowest BCUT2D eigenvalue weighted by Gasteiger charge is -2.22. The molecule has 1 aromatic rings. The highest BCUT2D eigenvalue weighted by Gasteiger charge is 2.32. The number of amides is 1. The number of aromatic nitrogens is 3. The Morgan fingerprint density at radius 1 is 1.39 bits per heavy atom. The molecule has 98 valence electrons. The van der Waals surface area contributed by atoms with Gasteiger partial charge in [-0.2, -0.15) is 0 Å². The largest absolute Gasteiger partial charge is 0.334 e. The van der Waals surface area contributed by atoms with Crippen LogP contribution in [0.5, 0.6) is 0 Å². The molecule has 6 nitrogen and oxygen atoms in total.